The standard InChI is InChI=1S/C20H22F3N5O3/c1-10(29)25-16-7-14(15(9-24-16)30-13-5-11(21)6-13)26-17-8-18(31-12-3-4-12)28-19(27-17)20(2,22)23/h7-9,11-13H,3-6H2,1-2H3,(H2,24,25,26,27,28,29). The molecule has 1 amide bonds. The maximum Gasteiger partial charge on any atom is 0.304 e. The van der Waals surface area contributed by atoms with Crippen molar-refractivity contribution in [2.24, 2.45) is 0 Å². The number of hydrogen-bond acceptors (Lipinski definition) is 7. The van der Waals surface area contributed by atoms with E-state index in [0.29, 0.717) is 12.6 Å². The van der Waals surface area contributed by atoms with Gasteiger partial charge in [-0.25, -0.2) is 14.4 Å². The molecule has 2 aliphatic carbocycles. The second kappa shape index (κ2) is 8.20. The van der Waals surface area contributed by atoms with Gasteiger partial charge in [0.1, 0.15) is 30.0 Å². The molecule has 0 unspecified atom stereocenters. The zero-order valence-corrected chi connectivity index (χ0v) is 17.0. The van der Waals surface area contributed by atoms with Crippen LogP contribution in [0.3, 0.4) is 0 Å². The molecule has 11 heteroatoms. The summed E-state index contributed by atoms with van der Waals surface area (Å²) in [7, 11) is 0. The number of halogens is 3. The van der Waals surface area contributed by atoms with E-state index in [9.17, 15) is 18.0 Å². The molecule has 0 aromatic carbocycles. The lowest BCUT2D eigenvalue weighted by Crippen LogP contribution is -2.35. The van der Waals surface area contributed by atoms with Gasteiger partial charge in [-0.2, -0.15) is 13.8 Å². The Balaban J connectivity index is 1.64. The number of nitrogens with zero attached hydrogens (tertiary/aromatic N) is 3. The summed E-state index contributed by atoms with van der Waals surface area (Å²) in [5, 5.41) is 5.47. The number of anilines is 3. The van der Waals surface area contributed by atoms with E-state index < -0.39 is 17.9 Å². The maximum absolute atomic E-state index is 13.9. The summed E-state index contributed by atoms with van der Waals surface area (Å²) < 4.78 is 52.4. The van der Waals surface area contributed by atoms with Crippen LogP contribution in [0.2, 0.25) is 0 Å². The van der Waals surface area contributed by atoms with Crippen LogP contribution >= 0.6 is 0 Å². The summed E-state index contributed by atoms with van der Waals surface area (Å²) in [5.74, 6) is -3.70. The van der Waals surface area contributed by atoms with Crippen LogP contribution in [-0.4, -0.2) is 39.2 Å². The fraction of sp³-hybridized carbons (Fsp3) is 0.500. The molecule has 4 rings (SSSR count). The predicted molar refractivity (Wildman–Crippen MR) is 106 cm³/mol. The van der Waals surface area contributed by atoms with Crippen molar-refractivity contribution in [2.75, 3.05) is 10.6 Å². The Morgan fingerprint density at radius 2 is 1.87 bits per heavy atom. The number of rotatable bonds is 8. The molecule has 2 heterocycles. The molecule has 2 saturated carbocycles. The van der Waals surface area contributed by atoms with Gasteiger partial charge in [-0.05, 0) is 12.8 Å². The van der Waals surface area contributed by atoms with Crippen LogP contribution in [0.4, 0.5) is 30.5 Å². The highest BCUT2D eigenvalue weighted by Crippen LogP contribution is 2.36. The smallest absolute Gasteiger partial charge is 0.304 e. The third kappa shape index (κ3) is 5.53. The number of ether oxygens (including phenoxy) is 2. The van der Waals surface area contributed by atoms with Crippen molar-refractivity contribution < 1.29 is 27.4 Å². The predicted octanol–water partition coefficient (Wildman–Crippen LogP) is 4.11. The average molecular weight is 437 g/mol. The van der Waals surface area contributed by atoms with Gasteiger partial charge in [0.05, 0.1) is 11.9 Å². The number of nitrogens with one attached hydrogen (secondary N) is 2. The number of hydrogen-bond donors (Lipinski definition) is 2. The Labute approximate surface area is 176 Å². The van der Waals surface area contributed by atoms with Crippen LogP contribution in [-0.2, 0) is 10.7 Å². The Hall–Kier alpha value is -3.11. The van der Waals surface area contributed by atoms with Crippen molar-refractivity contribution in [3.8, 4) is 11.6 Å². The summed E-state index contributed by atoms with van der Waals surface area (Å²) >= 11 is 0. The van der Waals surface area contributed by atoms with E-state index in [1.807, 2.05) is 0 Å². The number of amides is 1. The summed E-state index contributed by atoms with van der Waals surface area (Å²) in [5.41, 5.74) is 0.322. The van der Waals surface area contributed by atoms with Gasteiger partial charge < -0.3 is 20.1 Å². The molecular formula is C20H22F3N5O3. The first-order valence-corrected chi connectivity index (χ1v) is 9.95. The molecule has 2 aromatic rings. The molecule has 8 nitrogen and oxygen atoms in total. The summed E-state index contributed by atoms with van der Waals surface area (Å²) in [6.07, 6.45) is 2.29. The van der Waals surface area contributed by atoms with Gasteiger partial charge in [0.25, 0.3) is 0 Å². The molecule has 2 N–H and O–H groups in total. The number of carbonyl (C=O) groups excluding carboxylic acids is 1. The molecule has 0 bridgehead atoms. The summed E-state index contributed by atoms with van der Waals surface area (Å²) in [6, 6.07) is 2.90. The van der Waals surface area contributed by atoms with Gasteiger partial charge in [0.15, 0.2) is 5.75 Å². The number of carbonyl (C=O) groups is 1. The lowest BCUT2D eigenvalue weighted by molar-refractivity contribution is -0.114. The maximum atomic E-state index is 13.9. The Kier molecular flexibility index (Phi) is 5.59. The van der Waals surface area contributed by atoms with Gasteiger partial charge in [-0.1, -0.05) is 0 Å². The summed E-state index contributed by atoms with van der Waals surface area (Å²) in [6.45, 7) is 2.03. The van der Waals surface area contributed by atoms with E-state index in [1.165, 1.54) is 25.3 Å². The van der Waals surface area contributed by atoms with Crippen LogP contribution in [0.15, 0.2) is 18.3 Å². The monoisotopic (exact) mass is 437 g/mol. The third-order valence-electron chi connectivity index (χ3n) is 4.67. The molecule has 0 radical (unpaired) electrons. The van der Waals surface area contributed by atoms with Crippen molar-refractivity contribution in [1.82, 2.24) is 15.0 Å². The Bertz CT molecular complexity index is 975. The topological polar surface area (TPSA) is 98.3 Å². The minimum Gasteiger partial charge on any atom is -0.486 e. The fourth-order valence-corrected chi connectivity index (χ4v) is 2.90. The lowest BCUT2D eigenvalue weighted by Gasteiger charge is -2.30. The lowest BCUT2D eigenvalue weighted by atomic mass is 9.94. The average Bonchev–Trinajstić information content (AvgIpc) is 3.45. The third-order valence-corrected chi connectivity index (χ3v) is 4.67. The highest BCUT2D eigenvalue weighted by molar-refractivity contribution is 5.88. The van der Waals surface area contributed by atoms with Crippen LogP contribution in [0.25, 0.3) is 0 Å². The first-order chi connectivity index (χ1) is 14.7. The van der Waals surface area contributed by atoms with Gasteiger partial charge in [0, 0.05) is 38.8 Å². The Morgan fingerprint density at radius 3 is 2.48 bits per heavy atom. The fourth-order valence-electron chi connectivity index (χ4n) is 2.90. The minimum atomic E-state index is -3.28. The molecule has 0 saturated heterocycles. The molecule has 166 valence electrons. The number of aromatic nitrogens is 3. The minimum absolute atomic E-state index is 0.0365. The van der Waals surface area contributed by atoms with Crippen molar-refractivity contribution in [3.05, 3.63) is 24.2 Å². The normalized spacial score (nSPS) is 20.5. The van der Waals surface area contributed by atoms with Crippen LogP contribution < -0.4 is 20.1 Å². The van der Waals surface area contributed by atoms with Crippen molar-refractivity contribution in [3.63, 3.8) is 0 Å². The summed E-state index contributed by atoms with van der Waals surface area (Å²) in [4.78, 5) is 23.2. The highest BCUT2D eigenvalue weighted by atomic mass is 19.3. The van der Waals surface area contributed by atoms with Crippen LogP contribution in [0.1, 0.15) is 45.4 Å². The largest absolute Gasteiger partial charge is 0.486 e. The van der Waals surface area contributed by atoms with Gasteiger partial charge >= 0.3 is 5.92 Å². The Morgan fingerprint density at radius 1 is 1.13 bits per heavy atom. The number of alkyl halides is 3. The van der Waals surface area contributed by atoms with E-state index in [0.717, 1.165) is 12.8 Å². The van der Waals surface area contributed by atoms with Crippen LogP contribution in [0.5, 0.6) is 11.6 Å². The molecule has 0 spiro atoms. The van der Waals surface area contributed by atoms with Crippen molar-refractivity contribution >= 4 is 23.2 Å². The molecular weight excluding hydrogens is 415 g/mol. The highest BCUT2D eigenvalue weighted by Gasteiger charge is 2.33. The van der Waals surface area contributed by atoms with Gasteiger partial charge in [-0.15, -0.1) is 0 Å². The zero-order valence-electron chi connectivity index (χ0n) is 17.0. The molecule has 31 heavy (non-hydrogen) atoms. The quantitative estimate of drug-likeness (QED) is 0.641. The van der Waals surface area contributed by atoms with Gasteiger partial charge in [-0.3, -0.25) is 4.79 Å². The van der Waals surface area contributed by atoms with Crippen LogP contribution in [0, 0.1) is 0 Å². The molecule has 0 atom stereocenters. The van der Waals surface area contributed by atoms with Gasteiger partial charge in [0.2, 0.25) is 17.6 Å². The molecule has 0 aliphatic heterocycles. The second-order valence-electron chi connectivity index (χ2n) is 7.80. The number of pyridine rings is 1. The first kappa shape index (κ1) is 21.1. The SMILES string of the molecule is CC(=O)Nc1cc(Nc2cc(OC3CC3)nc(C(C)(F)F)n2)c(OC2CC(F)C2)cn1. The van der Waals surface area contributed by atoms with E-state index in [-0.39, 0.29) is 54.2 Å². The second-order valence-corrected chi connectivity index (χ2v) is 7.80. The molecule has 2 fully saturated rings. The first-order valence-electron chi connectivity index (χ1n) is 9.95. The van der Waals surface area contributed by atoms with Crippen molar-refractivity contribution in [1.29, 1.82) is 0 Å². The van der Waals surface area contributed by atoms with E-state index in [2.05, 4.69) is 25.6 Å². The molecule has 2 aromatic heterocycles. The van der Waals surface area contributed by atoms with E-state index in [4.69, 9.17) is 9.47 Å². The van der Waals surface area contributed by atoms with E-state index in [1.54, 1.807) is 0 Å². The molecule has 2 aliphatic rings. The zero-order chi connectivity index (χ0) is 22.2. The van der Waals surface area contributed by atoms with E-state index >= 15 is 0 Å². The van der Waals surface area contributed by atoms with Crippen molar-refractivity contribution in [2.45, 2.75) is 63.8 Å².